The van der Waals surface area contributed by atoms with Crippen molar-refractivity contribution >= 4 is 15.8 Å². The molecule has 2 rings (SSSR count). The molecule has 1 saturated carbocycles. The Morgan fingerprint density at radius 1 is 1.35 bits per heavy atom. The van der Waals surface area contributed by atoms with Crippen molar-refractivity contribution in [3.63, 3.8) is 0 Å². The van der Waals surface area contributed by atoms with E-state index in [2.05, 4.69) is 15.6 Å². The van der Waals surface area contributed by atoms with Crippen molar-refractivity contribution in [3.8, 4) is 5.75 Å². The van der Waals surface area contributed by atoms with E-state index in [4.69, 9.17) is 4.74 Å². The van der Waals surface area contributed by atoms with Gasteiger partial charge in [-0.05, 0) is 45.1 Å². The van der Waals surface area contributed by atoms with Gasteiger partial charge in [-0.3, -0.25) is 0 Å². The number of ether oxygens (including phenoxy) is 1. The predicted octanol–water partition coefficient (Wildman–Crippen LogP) is 2.35. The Labute approximate surface area is 157 Å². The summed E-state index contributed by atoms with van der Waals surface area (Å²) in [5.74, 6) is 2.45. The number of aliphatic imine (C=N–C) groups is 1. The highest BCUT2D eigenvalue weighted by atomic mass is 32.2. The van der Waals surface area contributed by atoms with Gasteiger partial charge in [0.15, 0.2) is 5.96 Å². The van der Waals surface area contributed by atoms with Gasteiger partial charge in [-0.15, -0.1) is 0 Å². The first-order valence-corrected chi connectivity index (χ1v) is 11.4. The summed E-state index contributed by atoms with van der Waals surface area (Å²) < 4.78 is 28.6. The summed E-state index contributed by atoms with van der Waals surface area (Å²) in [4.78, 5) is 4.64. The molecule has 0 heterocycles. The standard InChI is InChI=1S/C19H31N3O3S/c1-4-20-19(22-15(2)11-12-26(3,23)24)21-13-17-7-5-6-8-18(17)25-14-16-9-10-16/h5-8,15-16H,4,9-14H2,1-3H3,(H2,20,21,22). The Morgan fingerprint density at radius 3 is 2.73 bits per heavy atom. The van der Waals surface area contributed by atoms with Gasteiger partial charge < -0.3 is 15.4 Å². The second kappa shape index (κ2) is 9.80. The lowest BCUT2D eigenvalue weighted by Crippen LogP contribution is -2.42. The second-order valence-electron chi connectivity index (χ2n) is 7.02. The molecule has 6 nitrogen and oxygen atoms in total. The van der Waals surface area contributed by atoms with Gasteiger partial charge in [-0.1, -0.05) is 18.2 Å². The van der Waals surface area contributed by atoms with Gasteiger partial charge in [0.2, 0.25) is 0 Å². The maximum Gasteiger partial charge on any atom is 0.191 e. The Kier molecular flexibility index (Phi) is 7.75. The molecular formula is C19H31N3O3S. The number of nitrogens with one attached hydrogen (secondary N) is 2. The summed E-state index contributed by atoms with van der Waals surface area (Å²) in [6.45, 7) is 6.00. The molecule has 1 aliphatic rings. The summed E-state index contributed by atoms with van der Waals surface area (Å²) in [5.41, 5.74) is 1.05. The molecule has 1 atom stereocenters. The number of para-hydroxylation sites is 1. The molecule has 26 heavy (non-hydrogen) atoms. The van der Waals surface area contributed by atoms with Crippen molar-refractivity contribution in [2.24, 2.45) is 10.9 Å². The normalized spacial score (nSPS) is 16.2. The summed E-state index contributed by atoms with van der Waals surface area (Å²) in [5, 5.41) is 6.48. The van der Waals surface area contributed by atoms with Crippen molar-refractivity contribution in [2.75, 3.05) is 25.2 Å². The molecule has 0 aliphatic heterocycles. The van der Waals surface area contributed by atoms with Gasteiger partial charge in [0.1, 0.15) is 15.6 Å². The molecule has 2 N–H and O–H groups in total. The van der Waals surface area contributed by atoms with Crippen LogP contribution in [0.5, 0.6) is 5.75 Å². The molecule has 0 amide bonds. The van der Waals surface area contributed by atoms with E-state index in [-0.39, 0.29) is 11.8 Å². The first kappa shape index (κ1) is 20.6. The lowest BCUT2D eigenvalue weighted by Gasteiger charge is -2.18. The van der Waals surface area contributed by atoms with Crippen LogP contribution in [0.15, 0.2) is 29.3 Å². The van der Waals surface area contributed by atoms with E-state index >= 15 is 0 Å². The van der Waals surface area contributed by atoms with E-state index in [1.807, 2.05) is 38.1 Å². The summed E-state index contributed by atoms with van der Waals surface area (Å²) >= 11 is 0. The van der Waals surface area contributed by atoms with Crippen LogP contribution in [0.2, 0.25) is 0 Å². The van der Waals surface area contributed by atoms with Crippen molar-refractivity contribution in [1.82, 2.24) is 10.6 Å². The summed E-state index contributed by atoms with van der Waals surface area (Å²) in [6, 6.07) is 8.00. The zero-order chi connectivity index (χ0) is 19.0. The van der Waals surface area contributed by atoms with Gasteiger partial charge in [-0.25, -0.2) is 13.4 Å². The van der Waals surface area contributed by atoms with Gasteiger partial charge in [0, 0.05) is 24.4 Å². The predicted molar refractivity (Wildman–Crippen MR) is 106 cm³/mol. The Morgan fingerprint density at radius 2 is 2.08 bits per heavy atom. The van der Waals surface area contributed by atoms with Crippen LogP contribution < -0.4 is 15.4 Å². The van der Waals surface area contributed by atoms with Gasteiger partial charge in [0.05, 0.1) is 18.9 Å². The lowest BCUT2D eigenvalue weighted by atomic mass is 10.2. The smallest absolute Gasteiger partial charge is 0.191 e. The topological polar surface area (TPSA) is 79.8 Å². The number of nitrogens with zero attached hydrogens (tertiary/aromatic N) is 1. The molecule has 146 valence electrons. The lowest BCUT2D eigenvalue weighted by molar-refractivity contribution is 0.297. The molecule has 7 heteroatoms. The van der Waals surface area contributed by atoms with Crippen molar-refractivity contribution in [3.05, 3.63) is 29.8 Å². The number of benzene rings is 1. The Balaban J connectivity index is 1.95. The average molecular weight is 382 g/mol. The van der Waals surface area contributed by atoms with Crippen LogP contribution in [0.3, 0.4) is 0 Å². The number of guanidine groups is 1. The van der Waals surface area contributed by atoms with E-state index in [0.717, 1.165) is 24.5 Å². The van der Waals surface area contributed by atoms with Crippen LogP contribution in [0.25, 0.3) is 0 Å². The molecule has 1 aromatic carbocycles. The fourth-order valence-corrected chi connectivity index (χ4v) is 3.23. The molecule has 1 unspecified atom stereocenters. The number of hydrogen-bond donors (Lipinski definition) is 2. The molecule has 1 aromatic rings. The van der Waals surface area contributed by atoms with Crippen LogP contribution in [0.4, 0.5) is 0 Å². The summed E-state index contributed by atoms with van der Waals surface area (Å²) in [7, 11) is -2.95. The molecule has 0 radical (unpaired) electrons. The largest absolute Gasteiger partial charge is 0.493 e. The molecule has 1 aliphatic carbocycles. The molecule has 0 saturated heterocycles. The molecule has 0 aromatic heterocycles. The van der Waals surface area contributed by atoms with E-state index in [9.17, 15) is 8.42 Å². The summed E-state index contributed by atoms with van der Waals surface area (Å²) in [6.07, 6.45) is 4.34. The molecule has 0 spiro atoms. The van der Waals surface area contributed by atoms with Gasteiger partial charge in [0.25, 0.3) is 0 Å². The zero-order valence-corrected chi connectivity index (χ0v) is 16.8. The quantitative estimate of drug-likeness (QED) is 0.480. The van der Waals surface area contributed by atoms with Crippen LogP contribution in [-0.4, -0.2) is 45.6 Å². The first-order chi connectivity index (χ1) is 12.4. The fraction of sp³-hybridized carbons (Fsp3) is 0.632. The van der Waals surface area contributed by atoms with E-state index in [0.29, 0.717) is 24.8 Å². The van der Waals surface area contributed by atoms with Crippen molar-refractivity contribution in [2.45, 2.75) is 45.7 Å². The van der Waals surface area contributed by atoms with Crippen LogP contribution >= 0.6 is 0 Å². The van der Waals surface area contributed by atoms with E-state index in [1.54, 1.807) is 0 Å². The highest BCUT2D eigenvalue weighted by Crippen LogP contribution is 2.30. The van der Waals surface area contributed by atoms with Gasteiger partial charge >= 0.3 is 0 Å². The second-order valence-corrected chi connectivity index (χ2v) is 9.28. The molecule has 0 bridgehead atoms. The van der Waals surface area contributed by atoms with Crippen molar-refractivity contribution < 1.29 is 13.2 Å². The van der Waals surface area contributed by atoms with Crippen molar-refractivity contribution in [1.29, 1.82) is 0 Å². The zero-order valence-electron chi connectivity index (χ0n) is 16.0. The number of hydrogen-bond acceptors (Lipinski definition) is 4. The third-order valence-corrected chi connectivity index (χ3v) is 5.18. The van der Waals surface area contributed by atoms with E-state index < -0.39 is 9.84 Å². The third kappa shape index (κ3) is 8.08. The monoisotopic (exact) mass is 381 g/mol. The maximum atomic E-state index is 11.3. The minimum atomic E-state index is -2.95. The number of sulfone groups is 1. The number of rotatable bonds is 10. The average Bonchev–Trinajstić information content (AvgIpc) is 3.41. The maximum absolute atomic E-state index is 11.3. The van der Waals surface area contributed by atoms with Gasteiger partial charge in [-0.2, -0.15) is 0 Å². The highest BCUT2D eigenvalue weighted by molar-refractivity contribution is 7.90. The third-order valence-electron chi connectivity index (χ3n) is 4.20. The SMILES string of the molecule is CCNC(=NCc1ccccc1OCC1CC1)NC(C)CCS(C)(=O)=O. The minimum Gasteiger partial charge on any atom is -0.493 e. The molecule has 1 fully saturated rings. The minimum absolute atomic E-state index is 0.0175. The van der Waals surface area contributed by atoms with Crippen LogP contribution in [0, 0.1) is 5.92 Å². The highest BCUT2D eigenvalue weighted by Gasteiger charge is 2.22. The Hall–Kier alpha value is -1.76. The first-order valence-electron chi connectivity index (χ1n) is 9.30. The Bertz CT molecular complexity index is 700. The van der Waals surface area contributed by atoms with Crippen LogP contribution in [-0.2, 0) is 16.4 Å². The molecular weight excluding hydrogens is 350 g/mol. The van der Waals surface area contributed by atoms with Crippen LogP contribution in [0.1, 0.15) is 38.7 Å². The fourth-order valence-electron chi connectivity index (χ4n) is 2.45. The van der Waals surface area contributed by atoms with E-state index in [1.165, 1.54) is 19.1 Å².